The summed E-state index contributed by atoms with van der Waals surface area (Å²) in [6.07, 6.45) is 6.07. The highest BCUT2D eigenvalue weighted by Gasteiger charge is 2.25. The number of nitrogens with zero attached hydrogens (tertiary/aromatic N) is 2. The molecule has 1 aromatic rings. The van der Waals surface area contributed by atoms with Gasteiger partial charge in [0.2, 0.25) is 0 Å². The molecule has 0 aliphatic carbocycles. The molecule has 3 heteroatoms. The molecule has 1 aliphatic heterocycles. The molecule has 0 saturated carbocycles. The minimum absolute atomic E-state index is 0.378. The van der Waals surface area contributed by atoms with Gasteiger partial charge >= 0.3 is 0 Å². The lowest BCUT2D eigenvalue weighted by atomic mass is 9.90. The van der Waals surface area contributed by atoms with E-state index in [0.29, 0.717) is 12.0 Å². The van der Waals surface area contributed by atoms with E-state index in [1.165, 1.54) is 17.7 Å². The number of hydrogen-bond acceptors (Lipinski definition) is 3. The zero-order valence-electron chi connectivity index (χ0n) is 10.2. The summed E-state index contributed by atoms with van der Waals surface area (Å²) in [6, 6.07) is 2.49. The minimum atomic E-state index is 0.378. The van der Waals surface area contributed by atoms with Crippen molar-refractivity contribution in [2.24, 2.45) is 11.7 Å². The Bertz CT molecular complexity index is 351. The predicted octanol–water partition coefficient (Wildman–Crippen LogP) is 1.95. The number of aromatic nitrogens is 1. The van der Waals surface area contributed by atoms with E-state index < -0.39 is 0 Å². The Hall–Kier alpha value is -1.09. The zero-order valence-corrected chi connectivity index (χ0v) is 10.2. The Morgan fingerprint density at radius 1 is 1.56 bits per heavy atom. The standard InChI is InChI=1S/C13H21N3/c1-3-11-9-16(7-5-12(11)14)13-4-6-15-8-10(13)2/h4,6,8,11-12H,3,5,7,9,14H2,1-2H3. The second-order valence-corrected chi connectivity index (χ2v) is 4.73. The van der Waals surface area contributed by atoms with Gasteiger partial charge in [-0.3, -0.25) is 4.98 Å². The Labute approximate surface area is 97.7 Å². The van der Waals surface area contributed by atoms with Gasteiger partial charge in [-0.05, 0) is 30.9 Å². The largest absolute Gasteiger partial charge is 0.371 e. The van der Waals surface area contributed by atoms with Gasteiger partial charge in [-0.2, -0.15) is 0 Å². The molecule has 2 N–H and O–H groups in total. The third-order valence-corrected chi connectivity index (χ3v) is 3.65. The highest BCUT2D eigenvalue weighted by Crippen LogP contribution is 2.26. The smallest absolute Gasteiger partial charge is 0.0426 e. The van der Waals surface area contributed by atoms with Crippen LogP contribution in [0.3, 0.4) is 0 Å². The normalized spacial score (nSPS) is 25.8. The molecule has 3 nitrogen and oxygen atoms in total. The van der Waals surface area contributed by atoms with Crippen LogP contribution in [0.25, 0.3) is 0 Å². The van der Waals surface area contributed by atoms with E-state index in [9.17, 15) is 0 Å². The van der Waals surface area contributed by atoms with E-state index in [1.807, 2.05) is 12.4 Å². The molecule has 16 heavy (non-hydrogen) atoms. The van der Waals surface area contributed by atoms with Crippen molar-refractivity contribution in [3.63, 3.8) is 0 Å². The summed E-state index contributed by atoms with van der Waals surface area (Å²) in [5.74, 6) is 0.626. The lowest BCUT2D eigenvalue weighted by Crippen LogP contribution is -2.47. The van der Waals surface area contributed by atoms with Crippen LogP contribution < -0.4 is 10.6 Å². The summed E-state index contributed by atoms with van der Waals surface area (Å²) in [5, 5.41) is 0. The van der Waals surface area contributed by atoms with E-state index in [2.05, 4.69) is 29.8 Å². The molecule has 2 rings (SSSR count). The predicted molar refractivity (Wildman–Crippen MR) is 67.6 cm³/mol. The van der Waals surface area contributed by atoms with Crippen molar-refractivity contribution in [1.29, 1.82) is 0 Å². The number of pyridine rings is 1. The number of nitrogens with two attached hydrogens (primary N) is 1. The lowest BCUT2D eigenvalue weighted by Gasteiger charge is -2.38. The second kappa shape index (κ2) is 4.83. The average Bonchev–Trinajstić information content (AvgIpc) is 2.31. The SMILES string of the molecule is CCC1CN(c2ccncc2C)CCC1N. The third-order valence-electron chi connectivity index (χ3n) is 3.65. The Morgan fingerprint density at radius 3 is 3.06 bits per heavy atom. The lowest BCUT2D eigenvalue weighted by molar-refractivity contribution is 0.348. The van der Waals surface area contributed by atoms with Gasteiger partial charge in [0.15, 0.2) is 0 Å². The summed E-state index contributed by atoms with van der Waals surface area (Å²) in [6.45, 7) is 6.51. The number of aryl methyl sites for hydroxylation is 1. The molecule has 0 bridgehead atoms. The van der Waals surface area contributed by atoms with Gasteiger partial charge in [0.25, 0.3) is 0 Å². The topological polar surface area (TPSA) is 42.2 Å². The van der Waals surface area contributed by atoms with Crippen LogP contribution in [0.2, 0.25) is 0 Å². The van der Waals surface area contributed by atoms with Crippen LogP contribution in [0.5, 0.6) is 0 Å². The van der Waals surface area contributed by atoms with Crippen molar-refractivity contribution in [2.45, 2.75) is 32.7 Å². The number of rotatable bonds is 2. The summed E-state index contributed by atoms with van der Waals surface area (Å²) in [7, 11) is 0. The molecule has 0 spiro atoms. The van der Waals surface area contributed by atoms with Crippen molar-refractivity contribution >= 4 is 5.69 Å². The van der Waals surface area contributed by atoms with Crippen LogP contribution in [0.4, 0.5) is 5.69 Å². The molecular formula is C13H21N3. The molecule has 88 valence electrons. The quantitative estimate of drug-likeness (QED) is 0.826. The number of piperidine rings is 1. The maximum atomic E-state index is 6.13. The first-order chi connectivity index (χ1) is 7.72. The van der Waals surface area contributed by atoms with E-state index >= 15 is 0 Å². The van der Waals surface area contributed by atoms with Crippen LogP contribution in [-0.4, -0.2) is 24.1 Å². The second-order valence-electron chi connectivity index (χ2n) is 4.73. The molecule has 0 amide bonds. The molecule has 0 aromatic carbocycles. The number of anilines is 1. The van der Waals surface area contributed by atoms with E-state index in [1.54, 1.807) is 0 Å². The fraction of sp³-hybridized carbons (Fsp3) is 0.615. The highest BCUT2D eigenvalue weighted by atomic mass is 15.1. The molecule has 1 fully saturated rings. The van der Waals surface area contributed by atoms with Crippen LogP contribution in [-0.2, 0) is 0 Å². The fourth-order valence-corrected chi connectivity index (χ4v) is 2.52. The van der Waals surface area contributed by atoms with Crippen molar-refractivity contribution in [2.75, 3.05) is 18.0 Å². The Morgan fingerprint density at radius 2 is 2.38 bits per heavy atom. The van der Waals surface area contributed by atoms with Crippen molar-refractivity contribution in [1.82, 2.24) is 4.98 Å². The van der Waals surface area contributed by atoms with Crippen LogP contribution in [0.15, 0.2) is 18.5 Å². The highest BCUT2D eigenvalue weighted by molar-refractivity contribution is 5.51. The molecule has 1 aliphatic rings. The Balaban J connectivity index is 2.14. The number of hydrogen-bond donors (Lipinski definition) is 1. The molecule has 1 aromatic heterocycles. The van der Waals surface area contributed by atoms with Crippen LogP contribution >= 0.6 is 0 Å². The van der Waals surface area contributed by atoms with Crippen LogP contribution in [0.1, 0.15) is 25.3 Å². The summed E-state index contributed by atoms with van der Waals surface area (Å²) < 4.78 is 0. The average molecular weight is 219 g/mol. The molecular weight excluding hydrogens is 198 g/mol. The van der Waals surface area contributed by atoms with Crippen molar-refractivity contribution in [3.05, 3.63) is 24.0 Å². The first kappa shape index (κ1) is 11.4. The van der Waals surface area contributed by atoms with E-state index in [-0.39, 0.29) is 0 Å². The van der Waals surface area contributed by atoms with Crippen molar-refractivity contribution < 1.29 is 0 Å². The summed E-state index contributed by atoms with van der Waals surface area (Å²) in [4.78, 5) is 6.60. The first-order valence-corrected chi connectivity index (χ1v) is 6.13. The maximum Gasteiger partial charge on any atom is 0.0426 e. The third kappa shape index (κ3) is 2.19. The minimum Gasteiger partial charge on any atom is -0.371 e. The van der Waals surface area contributed by atoms with Gasteiger partial charge in [-0.1, -0.05) is 13.3 Å². The van der Waals surface area contributed by atoms with Gasteiger partial charge in [-0.15, -0.1) is 0 Å². The molecule has 2 atom stereocenters. The van der Waals surface area contributed by atoms with Gasteiger partial charge < -0.3 is 10.6 Å². The Kier molecular flexibility index (Phi) is 3.44. The van der Waals surface area contributed by atoms with E-state index in [4.69, 9.17) is 5.73 Å². The zero-order chi connectivity index (χ0) is 11.5. The van der Waals surface area contributed by atoms with Crippen molar-refractivity contribution in [3.8, 4) is 0 Å². The maximum absolute atomic E-state index is 6.13. The molecule has 2 unspecified atom stereocenters. The van der Waals surface area contributed by atoms with Gasteiger partial charge in [0, 0.05) is 37.2 Å². The molecule has 0 radical (unpaired) electrons. The van der Waals surface area contributed by atoms with Gasteiger partial charge in [0.1, 0.15) is 0 Å². The summed E-state index contributed by atoms with van der Waals surface area (Å²) >= 11 is 0. The molecule has 1 saturated heterocycles. The first-order valence-electron chi connectivity index (χ1n) is 6.13. The fourth-order valence-electron chi connectivity index (χ4n) is 2.52. The van der Waals surface area contributed by atoms with Crippen LogP contribution in [0, 0.1) is 12.8 Å². The van der Waals surface area contributed by atoms with E-state index in [0.717, 1.165) is 19.5 Å². The monoisotopic (exact) mass is 219 g/mol. The van der Waals surface area contributed by atoms with Gasteiger partial charge in [0.05, 0.1) is 0 Å². The summed E-state index contributed by atoms with van der Waals surface area (Å²) in [5.41, 5.74) is 8.71. The van der Waals surface area contributed by atoms with Gasteiger partial charge in [-0.25, -0.2) is 0 Å². The molecule has 2 heterocycles.